The van der Waals surface area contributed by atoms with Crippen LogP contribution in [0, 0.1) is 6.92 Å². The molecule has 0 aliphatic rings. The molecule has 0 aliphatic heterocycles. The second-order valence-corrected chi connectivity index (χ2v) is 4.44. The molecule has 0 atom stereocenters. The van der Waals surface area contributed by atoms with E-state index in [9.17, 15) is 9.59 Å². The van der Waals surface area contributed by atoms with Gasteiger partial charge in [0.1, 0.15) is 5.75 Å². The van der Waals surface area contributed by atoms with Crippen molar-refractivity contribution in [2.45, 2.75) is 13.3 Å². The predicted molar refractivity (Wildman–Crippen MR) is 74.7 cm³/mol. The van der Waals surface area contributed by atoms with Gasteiger partial charge in [0.25, 0.3) is 0 Å². The van der Waals surface area contributed by atoms with Crippen LogP contribution in [-0.4, -0.2) is 22.8 Å². The number of carboxylic acids is 1. The number of nitrogens with zero attached hydrogens (tertiary/aromatic N) is 1. The van der Waals surface area contributed by atoms with E-state index in [-0.39, 0.29) is 17.4 Å². The lowest BCUT2D eigenvalue weighted by Gasteiger charge is -2.12. The van der Waals surface area contributed by atoms with Gasteiger partial charge in [-0.15, -0.1) is 0 Å². The third-order valence-electron chi connectivity index (χ3n) is 3.01. The van der Waals surface area contributed by atoms with Gasteiger partial charge < -0.3 is 14.4 Å². The van der Waals surface area contributed by atoms with Gasteiger partial charge in [0, 0.05) is 29.2 Å². The van der Waals surface area contributed by atoms with Gasteiger partial charge in [-0.2, -0.15) is 0 Å². The number of aryl methyl sites for hydroxylation is 1. The molecule has 0 saturated heterocycles. The van der Waals surface area contributed by atoms with E-state index >= 15 is 0 Å². The van der Waals surface area contributed by atoms with Crippen molar-refractivity contribution in [3.63, 3.8) is 0 Å². The first-order valence-corrected chi connectivity index (χ1v) is 6.09. The van der Waals surface area contributed by atoms with E-state index in [1.54, 1.807) is 24.8 Å². The minimum absolute atomic E-state index is 0.255. The smallest absolute Gasteiger partial charge is 0.308 e. The number of ether oxygens (including phenoxy) is 1. The normalized spacial score (nSPS) is 10.3. The van der Waals surface area contributed by atoms with Gasteiger partial charge in [-0.05, 0) is 31.2 Å². The Morgan fingerprint density at radius 2 is 1.95 bits per heavy atom. The van der Waals surface area contributed by atoms with Crippen molar-refractivity contribution in [2.24, 2.45) is 0 Å². The van der Waals surface area contributed by atoms with E-state index in [2.05, 4.69) is 0 Å². The number of hydrogen-bond acceptors (Lipinski definition) is 3. The highest BCUT2D eigenvalue weighted by molar-refractivity contribution is 5.70. The molecule has 1 N–H and O–H groups in total. The van der Waals surface area contributed by atoms with Crippen molar-refractivity contribution in [3.8, 4) is 11.4 Å². The number of aromatic nitrogens is 1. The summed E-state index contributed by atoms with van der Waals surface area (Å²) in [5.41, 5.74) is 1.60. The second kappa shape index (κ2) is 5.61. The van der Waals surface area contributed by atoms with E-state index in [1.807, 2.05) is 24.3 Å². The van der Waals surface area contributed by atoms with E-state index in [1.165, 1.54) is 6.07 Å². The summed E-state index contributed by atoms with van der Waals surface area (Å²) in [7, 11) is 1.59. The Hall–Kier alpha value is -2.56. The third kappa shape index (κ3) is 2.88. The lowest BCUT2D eigenvalue weighted by molar-refractivity contribution is -0.136. The zero-order chi connectivity index (χ0) is 14.7. The summed E-state index contributed by atoms with van der Waals surface area (Å²) in [6.07, 6.45) is 1.29. The maximum absolute atomic E-state index is 11.8. The Morgan fingerprint density at radius 1 is 1.30 bits per heavy atom. The van der Waals surface area contributed by atoms with Crippen molar-refractivity contribution in [2.75, 3.05) is 7.11 Å². The van der Waals surface area contributed by atoms with Crippen LogP contribution in [0.25, 0.3) is 5.69 Å². The molecular weight excluding hydrogens is 258 g/mol. The fourth-order valence-corrected chi connectivity index (χ4v) is 1.99. The molecule has 104 valence electrons. The van der Waals surface area contributed by atoms with Crippen LogP contribution in [0.1, 0.15) is 11.3 Å². The maximum atomic E-state index is 11.8. The monoisotopic (exact) mass is 273 g/mol. The zero-order valence-corrected chi connectivity index (χ0v) is 11.3. The first-order valence-electron chi connectivity index (χ1n) is 6.09. The van der Waals surface area contributed by atoms with Crippen LogP contribution in [-0.2, 0) is 11.2 Å². The molecule has 20 heavy (non-hydrogen) atoms. The van der Waals surface area contributed by atoms with E-state index in [0.717, 1.165) is 17.1 Å². The molecular formula is C15H15NO4. The van der Waals surface area contributed by atoms with Crippen LogP contribution in [0.2, 0.25) is 0 Å². The van der Waals surface area contributed by atoms with Gasteiger partial charge >= 0.3 is 5.97 Å². The average Bonchev–Trinajstić information content (AvgIpc) is 2.41. The molecule has 0 spiro atoms. The predicted octanol–water partition coefficient (Wildman–Crippen LogP) is 1.78. The topological polar surface area (TPSA) is 68.5 Å². The molecule has 0 radical (unpaired) electrons. The van der Waals surface area contributed by atoms with E-state index in [0.29, 0.717) is 0 Å². The van der Waals surface area contributed by atoms with E-state index < -0.39 is 5.97 Å². The summed E-state index contributed by atoms with van der Waals surface area (Å²) < 4.78 is 6.88. The molecule has 1 heterocycles. The van der Waals surface area contributed by atoms with Gasteiger partial charge in [0.2, 0.25) is 0 Å². The number of benzene rings is 1. The fraction of sp³-hybridized carbons (Fsp3) is 0.200. The molecule has 0 fully saturated rings. The SMILES string of the molecule is COc1ccc(-n2cc(CC(=O)O)c(=O)cc2C)cc1. The molecule has 5 nitrogen and oxygen atoms in total. The Labute approximate surface area is 116 Å². The number of hydrogen-bond donors (Lipinski definition) is 1. The quantitative estimate of drug-likeness (QED) is 0.922. The summed E-state index contributed by atoms with van der Waals surface area (Å²) in [5.74, 6) is -0.287. The lowest BCUT2D eigenvalue weighted by Crippen LogP contribution is -2.17. The molecule has 2 rings (SSSR count). The van der Waals surface area contributed by atoms with Gasteiger partial charge in [-0.25, -0.2) is 0 Å². The van der Waals surface area contributed by atoms with Gasteiger partial charge in [0.05, 0.1) is 13.5 Å². The summed E-state index contributed by atoms with van der Waals surface area (Å²) in [6.45, 7) is 1.80. The van der Waals surface area contributed by atoms with Crippen molar-refractivity contribution < 1.29 is 14.6 Å². The summed E-state index contributed by atoms with van der Waals surface area (Å²) in [4.78, 5) is 22.5. The standard InChI is InChI=1S/C15H15NO4/c1-10-7-14(17)11(8-15(18)19)9-16(10)12-3-5-13(20-2)6-4-12/h3-7,9H,8H2,1-2H3,(H,18,19). The van der Waals surface area contributed by atoms with Crippen LogP contribution >= 0.6 is 0 Å². The molecule has 2 aromatic rings. The molecule has 0 unspecified atom stereocenters. The Bertz CT molecular complexity index is 686. The summed E-state index contributed by atoms with van der Waals surface area (Å²) >= 11 is 0. The van der Waals surface area contributed by atoms with Crippen LogP contribution in [0.15, 0.2) is 41.3 Å². The summed E-state index contributed by atoms with van der Waals surface area (Å²) in [6, 6.07) is 8.76. The van der Waals surface area contributed by atoms with Crippen molar-refractivity contribution in [3.05, 3.63) is 58.0 Å². The van der Waals surface area contributed by atoms with Crippen molar-refractivity contribution >= 4 is 5.97 Å². The molecule has 0 amide bonds. The van der Waals surface area contributed by atoms with Crippen LogP contribution < -0.4 is 10.2 Å². The van der Waals surface area contributed by atoms with Crippen LogP contribution in [0.3, 0.4) is 0 Å². The highest BCUT2D eigenvalue weighted by Crippen LogP contribution is 2.16. The molecule has 0 saturated carbocycles. The molecule has 1 aromatic carbocycles. The maximum Gasteiger partial charge on any atom is 0.308 e. The van der Waals surface area contributed by atoms with Crippen molar-refractivity contribution in [1.82, 2.24) is 4.57 Å². The van der Waals surface area contributed by atoms with Gasteiger partial charge in [0.15, 0.2) is 5.43 Å². The zero-order valence-electron chi connectivity index (χ0n) is 11.3. The first kappa shape index (κ1) is 13.9. The number of rotatable bonds is 4. The highest BCUT2D eigenvalue weighted by Gasteiger charge is 2.09. The number of methoxy groups -OCH3 is 1. The molecule has 0 bridgehead atoms. The Morgan fingerprint density at radius 3 is 2.50 bits per heavy atom. The molecule has 5 heteroatoms. The number of carbonyl (C=O) groups is 1. The minimum Gasteiger partial charge on any atom is -0.497 e. The van der Waals surface area contributed by atoms with Crippen molar-refractivity contribution in [1.29, 1.82) is 0 Å². The second-order valence-electron chi connectivity index (χ2n) is 4.44. The van der Waals surface area contributed by atoms with Gasteiger partial charge in [-0.1, -0.05) is 0 Å². The number of pyridine rings is 1. The minimum atomic E-state index is -1.02. The van der Waals surface area contributed by atoms with Gasteiger partial charge in [-0.3, -0.25) is 9.59 Å². The average molecular weight is 273 g/mol. The lowest BCUT2D eigenvalue weighted by atomic mass is 10.1. The van der Waals surface area contributed by atoms with Crippen LogP contribution in [0.4, 0.5) is 0 Å². The first-order chi connectivity index (χ1) is 9.51. The number of carboxylic acid groups (broad SMARTS) is 1. The summed E-state index contributed by atoms with van der Waals surface area (Å²) in [5, 5.41) is 8.83. The fourth-order valence-electron chi connectivity index (χ4n) is 1.99. The molecule has 0 aliphatic carbocycles. The third-order valence-corrected chi connectivity index (χ3v) is 3.01. The Balaban J connectivity index is 2.49. The largest absolute Gasteiger partial charge is 0.497 e. The van der Waals surface area contributed by atoms with Crippen LogP contribution in [0.5, 0.6) is 5.75 Å². The Kier molecular flexibility index (Phi) is 3.89. The molecule has 1 aromatic heterocycles. The number of aliphatic carboxylic acids is 1. The highest BCUT2D eigenvalue weighted by atomic mass is 16.5. The van der Waals surface area contributed by atoms with E-state index in [4.69, 9.17) is 9.84 Å².